The van der Waals surface area contributed by atoms with Gasteiger partial charge in [0.05, 0.1) is 20.6 Å². The van der Waals surface area contributed by atoms with Crippen LogP contribution in [0.15, 0.2) is 54.7 Å². The van der Waals surface area contributed by atoms with E-state index in [1.807, 2.05) is 24.3 Å². The maximum absolute atomic E-state index is 6.55. The monoisotopic (exact) mass is 415 g/mol. The molecule has 3 rings (SSSR count). The third-order valence-corrected chi connectivity index (χ3v) is 5.52. The largest absolute Gasteiger partial charge is 0.363 e. The minimum atomic E-state index is 0.0934. The zero-order chi connectivity index (χ0) is 19.9. The Labute approximate surface area is 177 Å². The molecule has 1 heterocycles. The standard InChI is InChI=1S/C22H27ClN4S/c1-27(2)13-7-12-24-22(28)26-15-18(16-8-3-5-10-20(16)23)19-14-25-21-11-6-4-9-17(19)21/h3-6,8-11,14,18,25H,7,12-13,15H2,1-2H3,(H2,24,26,28)/p+1/t18-/m0/s1. The number of benzene rings is 2. The smallest absolute Gasteiger partial charge is 0.166 e. The lowest BCUT2D eigenvalue weighted by molar-refractivity contribution is -0.858. The second-order valence-electron chi connectivity index (χ2n) is 7.31. The molecule has 0 fully saturated rings. The fraction of sp³-hybridized carbons (Fsp3) is 0.318. The number of thiocarbonyl (C=S) groups is 1. The molecule has 4 N–H and O–H groups in total. The van der Waals surface area contributed by atoms with Gasteiger partial charge in [0.15, 0.2) is 5.11 Å². The maximum Gasteiger partial charge on any atom is 0.166 e. The van der Waals surface area contributed by atoms with Gasteiger partial charge in [-0.25, -0.2) is 0 Å². The summed E-state index contributed by atoms with van der Waals surface area (Å²) in [5.74, 6) is 0.0934. The highest BCUT2D eigenvalue weighted by Gasteiger charge is 2.20. The van der Waals surface area contributed by atoms with Crippen molar-refractivity contribution in [2.24, 2.45) is 0 Å². The summed E-state index contributed by atoms with van der Waals surface area (Å²) in [6.45, 7) is 2.67. The third kappa shape index (κ3) is 5.25. The Morgan fingerprint density at radius 1 is 1.07 bits per heavy atom. The molecule has 0 saturated heterocycles. The molecule has 0 aliphatic rings. The van der Waals surface area contributed by atoms with Crippen LogP contribution in [0.25, 0.3) is 10.9 Å². The van der Waals surface area contributed by atoms with Gasteiger partial charge < -0.3 is 20.5 Å². The molecule has 3 aromatic rings. The van der Waals surface area contributed by atoms with Crippen LogP contribution < -0.4 is 15.5 Å². The summed E-state index contributed by atoms with van der Waals surface area (Å²) < 4.78 is 0. The van der Waals surface area contributed by atoms with E-state index in [2.05, 4.69) is 60.2 Å². The van der Waals surface area contributed by atoms with E-state index in [0.29, 0.717) is 11.7 Å². The van der Waals surface area contributed by atoms with Crippen LogP contribution in [-0.2, 0) is 0 Å². The molecule has 0 radical (unpaired) electrons. The van der Waals surface area contributed by atoms with Crippen LogP contribution >= 0.6 is 23.8 Å². The lowest BCUT2D eigenvalue weighted by atomic mass is 9.91. The number of quaternary nitrogens is 1. The minimum absolute atomic E-state index is 0.0934. The van der Waals surface area contributed by atoms with Gasteiger partial charge in [0, 0.05) is 47.6 Å². The van der Waals surface area contributed by atoms with E-state index in [0.717, 1.165) is 35.6 Å². The highest BCUT2D eigenvalue weighted by molar-refractivity contribution is 7.80. The summed E-state index contributed by atoms with van der Waals surface area (Å²) in [5, 5.41) is 9.37. The van der Waals surface area contributed by atoms with Crippen molar-refractivity contribution in [2.45, 2.75) is 12.3 Å². The third-order valence-electron chi connectivity index (χ3n) is 4.88. The SMILES string of the molecule is C[NH+](C)CCCNC(=S)NC[C@@H](c1ccccc1Cl)c1c[nH]c2ccccc12. The van der Waals surface area contributed by atoms with Crippen LogP contribution in [0.2, 0.25) is 5.02 Å². The van der Waals surface area contributed by atoms with E-state index in [4.69, 9.17) is 23.8 Å². The summed E-state index contributed by atoms with van der Waals surface area (Å²) in [5.41, 5.74) is 3.44. The number of hydrogen-bond donors (Lipinski definition) is 4. The summed E-state index contributed by atoms with van der Waals surface area (Å²) >= 11 is 12.0. The van der Waals surface area contributed by atoms with Crippen molar-refractivity contribution in [3.63, 3.8) is 0 Å². The van der Waals surface area contributed by atoms with Crippen molar-refractivity contribution < 1.29 is 4.90 Å². The van der Waals surface area contributed by atoms with E-state index in [9.17, 15) is 0 Å². The molecule has 1 atom stereocenters. The average molecular weight is 416 g/mol. The van der Waals surface area contributed by atoms with Crippen molar-refractivity contribution in [2.75, 3.05) is 33.7 Å². The Kier molecular flexibility index (Phi) is 7.31. The number of nitrogens with one attached hydrogen (secondary N) is 4. The predicted octanol–water partition coefficient (Wildman–Crippen LogP) is 2.95. The molecule has 0 unspecified atom stereocenters. The number of para-hydroxylation sites is 1. The van der Waals surface area contributed by atoms with Crippen LogP contribution in [0.1, 0.15) is 23.5 Å². The van der Waals surface area contributed by atoms with Gasteiger partial charge in [0.25, 0.3) is 0 Å². The van der Waals surface area contributed by atoms with Gasteiger partial charge in [-0.05, 0) is 35.5 Å². The summed E-state index contributed by atoms with van der Waals surface area (Å²) in [6, 6.07) is 16.4. The van der Waals surface area contributed by atoms with Gasteiger partial charge in [-0.3, -0.25) is 0 Å². The zero-order valence-corrected chi connectivity index (χ0v) is 18.0. The van der Waals surface area contributed by atoms with Crippen LogP contribution in [-0.4, -0.2) is 43.8 Å². The number of hydrogen-bond acceptors (Lipinski definition) is 1. The molecule has 0 bridgehead atoms. The molecule has 0 saturated carbocycles. The topological polar surface area (TPSA) is 44.3 Å². The van der Waals surface area contributed by atoms with Gasteiger partial charge in [-0.15, -0.1) is 0 Å². The molecule has 1 aromatic heterocycles. The molecule has 6 heteroatoms. The van der Waals surface area contributed by atoms with Gasteiger partial charge in [0.1, 0.15) is 0 Å². The van der Waals surface area contributed by atoms with Crippen molar-refractivity contribution in [1.29, 1.82) is 0 Å². The molecular formula is C22H28ClN4S+. The molecule has 0 spiro atoms. The van der Waals surface area contributed by atoms with Crippen LogP contribution in [0.4, 0.5) is 0 Å². The number of aromatic nitrogens is 1. The minimum Gasteiger partial charge on any atom is -0.363 e. The predicted molar refractivity (Wildman–Crippen MR) is 122 cm³/mol. The summed E-state index contributed by atoms with van der Waals surface area (Å²) in [4.78, 5) is 4.82. The molecular weight excluding hydrogens is 388 g/mol. The first-order valence-corrected chi connectivity index (χ1v) is 10.5. The molecule has 4 nitrogen and oxygen atoms in total. The van der Waals surface area contributed by atoms with Crippen molar-refractivity contribution >= 4 is 39.8 Å². The van der Waals surface area contributed by atoms with E-state index < -0.39 is 0 Å². The molecule has 28 heavy (non-hydrogen) atoms. The highest BCUT2D eigenvalue weighted by atomic mass is 35.5. The second-order valence-corrected chi connectivity index (χ2v) is 8.13. The Hall–Kier alpha value is -2.08. The second kappa shape index (κ2) is 9.92. The molecule has 148 valence electrons. The summed E-state index contributed by atoms with van der Waals surface area (Å²) in [6.07, 6.45) is 3.16. The fourth-order valence-corrected chi connectivity index (χ4v) is 3.88. The van der Waals surface area contributed by atoms with E-state index in [-0.39, 0.29) is 5.92 Å². The van der Waals surface area contributed by atoms with Crippen molar-refractivity contribution in [1.82, 2.24) is 15.6 Å². The zero-order valence-electron chi connectivity index (χ0n) is 16.4. The quantitative estimate of drug-likeness (QED) is 0.338. The van der Waals surface area contributed by atoms with Crippen LogP contribution in [0.5, 0.6) is 0 Å². The number of fused-ring (bicyclic) bond motifs is 1. The average Bonchev–Trinajstić information content (AvgIpc) is 3.11. The Morgan fingerprint density at radius 2 is 1.82 bits per heavy atom. The molecule has 0 aliphatic carbocycles. The van der Waals surface area contributed by atoms with E-state index in [1.165, 1.54) is 15.8 Å². The van der Waals surface area contributed by atoms with Crippen LogP contribution in [0.3, 0.4) is 0 Å². The van der Waals surface area contributed by atoms with Gasteiger partial charge >= 0.3 is 0 Å². The Bertz CT molecular complexity index is 922. The van der Waals surface area contributed by atoms with E-state index in [1.54, 1.807) is 0 Å². The molecule has 2 aromatic carbocycles. The number of aromatic amines is 1. The fourth-order valence-electron chi connectivity index (χ4n) is 3.43. The lowest BCUT2D eigenvalue weighted by Gasteiger charge is -2.20. The summed E-state index contributed by atoms with van der Waals surface area (Å²) in [7, 11) is 4.32. The molecule has 0 aliphatic heterocycles. The van der Waals surface area contributed by atoms with Gasteiger partial charge in [-0.1, -0.05) is 48.0 Å². The van der Waals surface area contributed by atoms with Gasteiger partial charge in [0.2, 0.25) is 0 Å². The normalized spacial score (nSPS) is 12.3. The number of rotatable bonds is 8. The Morgan fingerprint density at radius 3 is 2.61 bits per heavy atom. The van der Waals surface area contributed by atoms with Crippen molar-refractivity contribution in [3.05, 3.63) is 70.9 Å². The first-order valence-electron chi connectivity index (χ1n) is 9.67. The first kappa shape index (κ1) is 20.6. The first-order chi connectivity index (χ1) is 13.6. The van der Waals surface area contributed by atoms with Crippen molar-refractivity contribution in [3.8, 4) is 0 Å². The van der Waals surface area contributed by atoms with E-state index >= 15 is 0 Å². The van der Waals surface area contributed by atoms with Gasteiger partial charge in [-0.2, -0.15) is 0 Å². The lowest BCUT2D eigenvalue weighted by Crippen LogP contribution is -3.05. The number of halogens is 1. The molecule has 0 amide bonds. The van der Waals surface area contributed by atoms with Crippen LogP contribution in [0, 0.1) is 0 Å². The maximum atomic E-state index is 6.55. The highest BCUT2D eigenvalue weighted by Crippen LogP contribution is 2.33. The Balaban J connectivity index is 1.75. The number of H-pyrrole nitrogens is 1.